The first-order valence-corrected chi connectivity index (χ1v) is 37.0. The average Bonchev–Trinajstić information content (AvgIpc) is 1.54. The van der Waals surface area contributed by atoms with E-state index < -0.39 is 77.5 Å². The van der Waals surface area contributed by atoms with Crippen LogP contribution in [-0.2, 0) is 38.2 Å². The fourth-order valence-electron chi connectivity index (χ4n) is 22.6. The predicted octanol–water partition coefficient (Wildman–Crippen LogP) is 10.9. The van der Waals surface area contributed by atoms with E-state index in [0.29, 0.717) is 80.3 Å². The number of aliphatic hydroxyl groups is 7. The van der Waals surface area contributed by atoms with Crippen LogP contribution < -0.4 is 10.1 Å². The molecule has 3 spiro atoms. The number of nitriles is 1. The van der Waals surface area contributed by atoms with E-state index in [0.717, 1.165) is 80.0 Å². The normalized spacial score (nSPS) is 36.4. The third kappa shape index (κ3) is 11.9. The Morgan fingerprint density at radius 2 is 1.77 bits per heavy atom. The van der Waals surface area contributed by atoms with Crippen LogP contribution in [0.3, 0.4) is 0 Å². The van der Waals surface area contributed by atoms with Crippen molar-refractivity contribution in [2.24, 2.45) is 46.3 Å². The molecule has 99 heavy (non-hydrogen) atoms. The Morgan fingerprint density at radius 3 is 2.54 bits per heavy atom. The highest BCUT2D eigenvalue weighted by Gasteiger charge is 2.72. The van der Waals surface area contributed by atoms with Crippen molar-refractivity contribution in [1.82, 2.24) is 9.88 Å². The second-order valence-corrected chi connectivity index (χ2v) is 31.5. The van der Waals surface area contributed by atoms with Crippen molar-refractivity contribution >= 4 is 16.7 Å². The number of hydrogen-bond acceptors (Lipinski definition) is 15. The monoisotopic (exact) mass is 1350 g/mol. The summed E-state index contributed by atoms with van der Waals surface area (Å²) in [7, 11) is 1.62. The largest absolute Gasteiger partial charge is 0.482 e. The summed E-state index contributed by atoms with van der Waals surface area (Å²) in [6.45, 7) is 3.95. The molecule has 6 fully saturated rings. The van der Waals surface area contributed by atoms with E-state index in [2.05, 4.69) is 66.4 Å². The molecule has 4 aromatic carbocycles. The van der Waals surface area contributed by atoms with Gasteiger partial charge in [-0.3, -0.25) is 0 Å². The number of carboxylic acids is 1. The molecule has 5 saturated carbocycles. The standard InChI is InChI=1S/C82H99N3O14/c1-3-10-49-22-25-58(38-55(49)37-56(46-95-2)65(45-87)85-34-31-48(43-83)44-85)97-78-82-42-63(66(88)16-9-36-96-68(17-8-35-86)75(98-78)74(90)76(82)91)79(33-30-69-80(94,47-79)41-62-60(28-24-57-15-7-32-81(57,62)69)50-18-20-53(21-19-50)77(92)93)40-59(99-82)26-29-64-71(51-11-4-5-12-51)61-27-23-52-13-6-14-54-39-67(89)73(84-64)72(61)70(52)54/h3,6,13-14,18-23,25,27,31,34,38,40,44,51,56-57,60,62-69,71,73-76,78,84,86-91,94H,1,4-5,7-8,10-12,15-17,24,26,28-30,32-33,35,37,39,41-42,45-47H2,2H3,(H,92,93)/t56-,57-,60-,62+,63+,64-,65+,66+,67-,68-,69-,71+,73-,74+,75+,76-,78-,79-,80+,81+,82+/m0/s1. The maximum atomic E-state index is 14.4. The van der Waals surface area contributed by atoms with E-state index in [1.807, 2.05) is 41.0 Å². The van der Waals surface area contributed by atoms with Gasteiger partial charge in [0.25, 0.3) is 0 Å². The molecule has 21 atom stereocenters. The van der Waals surface area contributed by atoms with E-state index >= 15 is 0 Å². The highest BCUT2D eigenvalue weighted by atomic mass is 16.7. The van der Waals surface area contributed by atoms with Gasteiger partial charge < -0.3 is 74.4 Å². The van der Waals surface area contributed by atoms with Gasteiger partial charge >= 0.3 is 5.97 Å². The molecule has 0 radical (unpaired) electrons. The lowest BCUT2D eigenvalue weighted by Gasteiger charge is -2.56. The second kappa shape index (κ2) is 27.6. The molecule has 0 amide bonds. The number of benzene rings is 4. The second-order valence-electron chi connectivity index (χ2n) is 31.5. The first-order chi connectivity index (χ1) is 48.1. The molecule has 17 heteroatoms. The van der Waals surface area contributed by atoms with Crippen LogP contribution in [-0.4, -0.2) is 138 Å². The van der Waals surface area contributed by atoms with Gasteiger partial charge in [0.15, 0.2) is 5.60 Å². The Bertz CT molecular complexity index is 3940. The first kappa shape index (κ1) is 68.2. The number of nitrogens with one attached hydrogen (secondary N) is 1. The van der Waals surface area contributed by atoms with Gasteiger partial charge in [-0.2, -0.15) is 5.26 Å². The minimum Gasteiger partial charge on any atom is -0.482 e. The Morgan fingerprint density at radius 1 is 0.929 bits per heavy atom. The number of carboxylic acid groups (broad SMARTS) is 1. The molecule has 17 nitrogen and oxygen atoms in total. The summed E-state index contributed by atoms with van der Waals surface area (Å²) in [6.07, 6.45) is 15.6. The maximum absolute atomic E-state index is 14.4. The average molecular weight is 1350 g/mol. The summed E-state index contributed by atoms with van der Waals surface area (Å²) >= 11 is 0. The van der Waals surface area contributed by atoms with E-state index in [1.54, 1.807) is 37.7 Å². The molecule has 0 unspecified atom stereocenters. The minimum atomic E-state index is -1.96. The topological polar surface area (TPSA) is 266 Å². The zero-order valence-electron chi connectivity index (χ0n) is 57.0. The van der Waals surface area contributed by atoms with Gasteiger partial charge in [-0.05, 0) is 223 Å². The number of aromatic carboxylic acids is 1. The van der Waals surface area contributed by atoms with Crippen molar-refractivity contribution in [3.8, 4) is 23.8 Å². The summed E-state index contributed by atoms with van der Waals surface area (Å²) in [4.78, 5) is 12.2. The molecule has 9 N–H and O–H groups in total. The number of aliphatic hydroxyl groups excluding tert-OH is 6. The fraction of sp³-hybridized carbons (Fsp3) is 0.585. The highest BCUT2D eigenvalue weighted by molar-refractivity contribution is 5.92. The van der Waals surface area contributed by atoms with Crippen molar-refractivity contribution in [2.45, 2.75) is 225 Å². The summed E-state index contributed by atoms with van der Waals surface area (Å²) in [5.41, 5.74) is 2.91. The molecule has 6 aliphatic carbocycles. The molecule has 3 bridgehead atoms. The molecule has 5 aromatic rings. The first-order valence-electron chi connectivity index (χ1n) is 37.0. The van der Waals surface area contributed by atoms with E-state index in [-0.39, 0.29) is 105 Å². The van der Waals surface area contributed by atoms with Crippen molar-refractivity contribution < 1.29 is 69.3 Å². The van der Waals surface area contributed by atoms with E-state index in [1.165, 1.54) is 21.9 Å². The quantitative estimate of drug-likeness (QED) is 0.0259. The number of nitrogens with zero attached hydrogens (tertiary/aromatic N) is 2. The number of methoxy groups -OCH3 is 1. The lowest BCUT2D eigenvalue weighted by atomic mass is 9.50. The van der Waals surface area contributed by atoms with Crippen LogP contribution in [0.25, 0.3) is 10.8 Å². The summed E-state index contributed by atoms with van der Waals surface area (Å²) < 4.78 is 36.6. The van der Waals surface area contributed by atoms with Crippen LogP contribution in [0, 0.1) is 69.7 Å². The van der Waals surface area contributed by atoms with Crippen LogP contribution in [0.5, 0.6) is 5.75 Å². The number of carbonyl (C=O) groups is 1. The molecule has 11 aliphatic rings. The van der Waals surface area contributed by atoms with Crippen molar-refractivity contribution in [2.75, 3.05) is 26.9 Å². The van der Waals surface area contributed by atoms with Crippen molar-refractivity contribution in [3.05, 3.63) is 160 Å². The lowest BCUT2D eigenvalue weighted by molar-refractivity contribution is -0.337. The van der Waals surface area contributed by atoms with Gasteiger partial charge in [-0.15, -0.1) is 6.58 Å². The van der Waals surface area contributed by atoms with Gasteiger partial charge in [-0.25, -0.2) is 4.79 Å². The third-order valence-electron chi connectivity index (χ3n) is 26.6. The summed E-state index contributed by atoms with van der Waals surface area (Å²) in [5, 5.41) is 115. The van der Waals surface area contributed by atoms with Crippen LogP contribution >= 0.6 is 0 Å². The Labute approximate surface area is 581 Å². The lowest BCUT2D eigenvalue weighted by Crippen LogP contribution is -2.71. The van der Waals surface area contributed by atoms with Crippen LogP contribution in [0.4, 0.5) is 0 Å². The summed E-state index contributed by atoms with van der Waals surface area (Å²) in [6, 6.07) is 27.2. The Balaban J connectivity index is 0.865. The molecular formula is C82H99N3O14. The number of aromatic nitrogens is 1. The van der Waals surface area contributed by atoms with Gasteiger partial charge in [0.1, 0.15) is 42.3 Å². The fourth-order valence-corrected chi connectivity index (χ4v) is 22.6. The van der Waals surface area contributed by atoms with Crippen LogP contribution in [0.15, 0.2) is 116 Å². The molecule has 5 aliphatic heterocycles. The molecule has 1 saturated heterocycles. The van der Waals surface area contributed by atoms with Crippen molar-refractivity contribution in [1.29, 1.82) is 5.26 Å². The highest BCUT2D eigenvalue weighted by Crippen LogP contribution is 2.75. The van der Waals surface area contributed by atoms with Gasteiger partial charge in [0.05, 0.1) is 60.0 Å². The van der Waals surface area contributed by atoms with E-state index in [9.17, 15) is 50.9 Å². The molecule has 526 valence electrons. The number of allylic oxidation sites excluding steroid dienone is 3. The smallest absolute Gasteiger partial charge is 0.335 e. The Kier molecular flexibility index (Phi) is 19.0. The Hall–Kier alpha value is -6.58. The number of hydrogen-bond donors (Lipinski definition) is 9. The van der Waals surface area contributed by atoms with Gasteiger partial charge in [0.2, 0.25) is 6.29 Å². The molecule has 16 rings (SSSR count). The number of fused-ring (bicyclic) bond motifs is 7. The van der Waals surface area contributed by atoms with Gasteiger partial charge in [-0.1, -0.05) is 79.8 Å². The van der Waals surface area contributed by atoms with Crippen molar-refractivity contribution in [3.63, 3.8) is 0 Å². The molecular weight excluding hydrogens is 1250 g/mol. The SMILES string of the molecule is C=CCc1ccc(O[C@H]2O[C@H]3[C@@H](O)[C@H](O)[C@]24C[C@H]([C@H](O)CC#CO[C@H]3CCCO)[C@]2(C=C(CC[C@@H]3N[C@@H]5c6c(ccc7cccc(c67)C[C@@H]5O)[C@H]3C3CCCC3)O4)CC[C@H]3[C@@](O)(C[C@@H]4[C@H](c5ccc(C(=O)O)cc5)CC[C@@H]5CCC[C@@]543)C2)cc1C[C@@H](COC)[C@@H](CO)n1ccc(C#N)c1. The molecule has 6 heterocycles. The number of ether oxygens (including phenoxy) is 5. The predicted molar refractivity (Wildman–Crippen MR) is 371 cm³/mol. The van der Waals surface area contributed by atoms with Crippen LogP contribution in [0.2, 0.25) is 0 Å². The third-order valence-corrected chi connectivity index (χ3v) is 26.6. The van der Waals surface area contributed by atoms with Gasteiger partial charge in [0, 0.05) is 69.7 Å². The minimum absolute atomic E-state index is 0.0278. The zero-order chi connectivity index (χ0) is 68.5. The maximum Gasteiger partial charge on any atom is 0.335 e. The number of rotatable bonds is 20. The van der Waals surface area contributed by atoms with E-state index in [4.69, 9.17) is 23.7 Å². The van der Waals surface area contributed by atoms with Crippen LogP contribution in [0.1, 0.15) is 195 Å². The zero-order valence-corrected chi connectivity index (χ0v) is 57.0. The summed E-state index contributed by atoms with van der Waals surface area (Å²) in [5.74, 6) is 3.03. The molecule has 1 aromatic heterocycles.